The number of aliphatic hydroxyl groups is 1. The number of rotatable bonds is 3. The lowest BCUT2D eigenvalue weighted by Gasteiger charge is -2.37. The van der Waals surface area contributed by atoms with Gasteiger partial charge in [-0.3, -0.25) is 0 Å². The van der Waals surface area contributed by atoms with E-state index in [1.165, 1.54) is 17.6 Å². The van der Waals surface area contributed by atoms with Crippen LogP contribution < -0.4 is 0 Å². The highest BCUT2D eigenvalue weighted by atomic mass is 16.3. The summed E-state index contributed by atoms with van der Waals surface area (Å²) in [5.74, 6) is 0.401. The molecule has 1 N–H and O–H groups in total. The normalized spacial score (nSPS) is 24.1. The van der Waals surface area contributed by atoms with E-state index in [1.807, 2.05) is 13.0 Å². The van der Waals surface area contributed by atoms with Crippen LogP contribution in [-0.4, -0.2) is 5.11 Å². The Morgan fingerprint density at radius 1 is 1.23 bits per heavy atom. The van der Waals surface area contributed by atoms with E-state index in [0.717, 1.165) is 17.5 Å². The van der Waals surface area contributed by atoms with Crippen LogP contribution in [0.25, 0.3) is 0 Å². The summed E-state index contributed by atoms with van der Waals surface area (Å²) in [5.41, 5.74) is 4.07. The fourth-order valence-electron chi connectivity index (χ4n) is 3.64. The molecule has 1 nitrogen and oxygen atoms in total. The lowest BCUT2D eigenvalue weighted by atomic mass is 9.68. The first-order chi connectivity index (χ1) is 10.1. The molecule has 1 aromatic rings. The summed E-state index contributed by atoms with van der Waals surface area (Å²) >= 11 is 0. The van der Waals surface area contributed by atoms with Gasteiger partial charge in [-0.05, 0) is 57.1 Å². The van der Waals surface area contributed by atoms with E-state index in [2.05, 4.69) is 65.0 Å². The largest absolute Gasteiger partial charge is 0.381 e. The van der Waals surface area contributed by atoms with Gasteiger partial charge in [-0.2, -0.15) is 0 Å². The Hall–Kier alpha value is -1.34. The van der Waals surface area contributed by atoms with Gasteiger partial charge in [0.15, 0.2) is 0 Å². The molecule has 0 saturated carbocycles. The minimum Gasteiger partial charge on any atom is -0.381 e. The zero-order chi connectivity index (χ0) is 16.5. The minimum absolute atomic E-state index is 0.257. The van der Waals surface area contributed by atoms with Crippen LogP contribution in [0.3, 0.4) is 0 Å². The minimum atomic E-state index is -0.927. The standard InChI is InChI=1S/C21H30O/c1-15-9-10-17(3)19(14-15)21(6,22)13-11-18-16(2)8-7-12-20(18,4)5/h8-11,13-14,18,22H,7,12H2,1-6H3/b13-11+. The average Bonchev–Trinajstić information content (AvgIpc) is 2.40. The van der Waals surface area contributed by atoms with Crippen LogP contribution in [0.4, 0.5) is 0 Å². The molecule has 0 aromatic heterocycles. The molecule has 2 unspecified atom stereocenters. The first-order valence-electron chi connectivity index (χ1n) is 8.29. The van der Waals surface area contributed by atoms with Gasteiger partial charge in [0.25, 0.3) is 0 Å². The molecule has 120 valence electrons. The third-order valence-corrected chi connectivity index (χ3v) is 5.14. The van der Waals surface area contributed by atoms with E-state index in [1.54, 1.807) is 0 Å². The fraction of sp³-hybridized carbons (Fsp3) is 0.524. The third kappa shape index (κ3) is 3.52. The Morgan fingerprint density at radius 2 is 1.91 bits per heavy atom. The summed E-state index contributed by atoms with van der Waals surface area (Å²) in [7, 11) is 0. The number of hydrogen-bond donors (Lipinski definition) is 1. The molecule has 1 aromatic carbocycles. The summed E-state index contributed by atoms with van der Waals surface area (Å²) < 4.78 is 0. The van der Waals surface area contributed by atoms with Crippen LogP contribution in [0.15, 0.2) is 42.0 Å². The van der Waals surface area contributed by atoms with Crippen molar-refractivity contribution in [3.05, 3.63) is 58.7 Å². The highest BCUT2D eigenvalue weighted by Crippen LogP contribution is 2.42. The van der Waals surface area contributed by atoms with Gasteiger partial charge in [0.1, 0.15) is 5.60 Å². The Kier molecular flexibility index (Phi) is 4.67. The van der Waals surface area contributed by atoms with E-state index >= 15 is 0 Å². The van der Waals surface area contributed by atoms with Crippen molar-refractivity contribution in [3.8, 4) is 0 Å². The van der Waals surface area contributed by atoms with Gasteiger partial charge in [0, 0.05) is 5.92 Å². The molecule has 2 rings (SSSR count). The van der Waals surface area contributed by atoms with E-state index in [-0.39, 0.29) is 5.41 Å². The second-order valence-electron chi connectivity index (χ2n) is 7.78. The van der Waals surface area contributed by atoms with Gasteiger partial charge in [0.05, 0.1) is 0 Å². The van der Waals surface area contributed by atoms with Crippen molar-refractivity contribution >= 4 is 0 Å². The topological polar surface area (TPSA) is 20.2 Å². The average molecular weight is 298 g/mol. The fourth-order valence-corrected chi connectivity index (χ4v) is 3.64. The molecule has 0 bridgehead atoms. The van der Waals surface area contributed by atoms with Gasteiger partial charge in [-0.15, -0.1) is 0 Å². The van der Waals surface area contributed by atoms with Crippen molar-refractivity contribution in [2.45, 2.75) is 60.0 Å². The molecule has 0 amide bonds. The lowest BCUT2D eigenvalue weighted by molar-refractivity contribution is 0.109. The molecule has 2 atom stereocenters. The number of allylic oxidation sites excluding steroid dienone is 3. The summed E-state index contributed by atoms with van der Waals surface area (Å²) in [6.45, 7) is 12.9. The van der Waals surface area contributed by atoms with E-state index < -0.39 is 5.60 Å². The molecule has 0 saturated heterocycles. The highest BCUT2D eigenvalue weighted by molar-refractivity contribution is 5.37. The molecule has 1 heteroatoms. The lowest BCUT2D eigenvalue weighted by Crippen LogP contribution is -2.27. The number of hydrogen-bond acceptors (Lipinski definition) is 1. The van der Waals surface area contributed by atoms with Crippen LogP contribution in [0.2, 0.25) is 0 Å². The molecule has 1 aliphatic carbocycles. The molecule has 0 heterocycles. The maximum absolute atomic E-state index is 11.0. The smallest absolute Gasteiger partial charge is 0.105 e. The van der Waals surface area contributed by atoms with Crippen LogP contribution in [0, 0.1) is 25.2 Å². The Balaban J connectivity index is 2.33. The zero-order valence-electron chi connectivity index (χ0n) is 14.9. The zero-order valence-corrected chi connectivity index (χ0v) is 14.9. The van der Waals surface area contributed by atoms with Crippen LogP contribution in [-0.2, 0) is 5.60 Å². The second kappa shape index (κ2) is 6.04. The molecule has 0 aliphatic heterocycles. The summed E-state index contributed by atoms with van der Waals surface area (Å²) in [4.78, 5) is 0. The summed E-state index contributed by atoms with van der Waals surface area (Å²) in [5, 5.41) is 11.0. The Morgan fingerprint density at radius 3 is 2.55 bits per heavy atom. The molecule has 0 spiro atoms. The van der Waals surface area contributed by atoms with E-state index in [4.69, 9.17) is 0 Å². The molecular formula is C21H30O. The van der Waals surface area contributed by atoms with Crippen LogP contribution in [0.5, 0.6) is 0 Å². The van der Waals surface area contributed by atoms with E-state index in [0.29, 0.717) is 5.92 Å². The second-order valence-corrected chi connectivity index (χ2v) is 7.78. The van der Waals surface area contributed by atoms with Crippen molar-refractivity contribution in [3.63, 3.8) is 0 Å². The SMILES string of the molecule is CC1=CCCC(C)(C)C1/C=C/C(C)(O)c1cc(C)ccc1C. The number of benzene rings is 1. The van der Waals surface area contributed by atoms with Gasteiger partial charge in [-0.25, -0.2) is 0 Å². The maximum atomic E-state index is 11.0. The van der Waals surface area contributed by atoms with Crippen molar-refractivity contribution < 1.29 is 5.11 Å². The van der Waals surface area contributed by atoms with Gasteiger partial charge in [0.2, 0.25) is 0 Å². The summed E-state index contributed by atoms with van der Waals surface area (Å²) in [6.07, 6.45) is 8.91. The van der Waals surface area contributed by atoms with Crippen LogP contribution in [0.1, 0.15) is 57.2 Å². The third-order valence-electron chi connectivity index (χ3n) is 5.14. The molecule has 0 fully saturated rings. The maximum Gasteiger partial charge on any atom is 0.105 e. The van der Waals surface area contributed by atoms with Crippen molar-refractivity contribution in [1.82, 2.24) is 0 Å². The molecule has 22 heavy (non-hydrogen) atoms. The van der Waals surface area contributed by atoms with Crippen molar-refractivity contribution in [2.24, 2.45) is 11.3 Å². The summed E-state index contributed by atoms with van der Waals surface area (Å²) in [6, 6.07) is 6.27. The first-order valence-corrected chi connectivity index (χ1v) is 8.29. The Bertz CT molecular complexity index is 602. The predicted octanol–water partition coefficient (Wildman–Crippen LogP) is 5.45. The number of aryl methyl sites for hydroxylation is 2. The molecule has 0 radical (unpaired) electrons. The monoisotopic (exact) mass is 298 g/mol. The van der Waals surface area contributed by atoms with Gasteiger partial charge in [-0.1, -0.05) is 61.4 Å². The molecular weight excluding hydrogens is 268 g/mol. The van der Waals surface area contributed by atoms with Gasteiger partial charge >= 0.3 is 0 Å². The van der Waals surface area contributed by atoms with Gasteiger partial charge < -0.3 is 5.11 Å². The predicted molar refractivity (Wildman–Crippen MR) is 94.9 cm³/mol. The Labute approximate surface area is 135 Å². The van der Waals surface area contributed by atoms with Crippen molar-refractivity contribution in [1.29, 1.82) is 0 Å². The van der Waals surface area contributed by atoms with E-state index in [9.17, 15) is 5.11 Å². The van der Waals surface area contributed by atoms with Crippen LogP contribution >= 0.6 is 0 Å². The highest BCUT2D eigenvalue weighted by Gasteiger charge is 2.32. The van der Waals surface area contributed by atoms with Crippen molar-refractivity contribution in [2.75, 3.05) is 0 Å². The quantitative estimate of drug-likeness (QED) is 0.736. The first kappa shape index (κ1) is 17.0. The molecule has 1 aliphatic rings.